The smallest absolute Gasteiger partial charge is 0.226 e. The maximum atomic E-state index is 13.0. The third kappa shape index (κ3) is 3.66. The maximum Gasteiger partial charge on any atom is 0.226 e. The van der Waals surface area contributed by atoms with Gasteiger partial charge in [-0.1, -0.05) is 25.1 Å². The number of nitrogens with zero attached hydrogens (tertiary/aromatic N) is 1. The van der Waals surface area contributed by atoms with Crippen LogP contribution < -0.4 is 10.2 Å². The SMILES string of the molecule is CC1(C(=O)NCCc2ccccc2N2CCOCC2)CC(F)C1. The summed E-state index contributed by atoms with van der Waals surface area (Å²) in [5.74, 6) is -0.0183. The van der Waals surface area contributed by atoms with Crippen molar-refractivity contribution in [3.05, 3.63) is 29.8 Å². The van der Waals surface area contributed by atoms with Crippen LogP contribution in [-0.2, 0) is 16.0 Å². The lowest BCUT2D eigenvalue weighted by Crippen LogP contribution is -2.49. The van der Waals surface area contributed by atoms with Crippen LogP contribution in [0, 0.1) is 5.41 Å². The molecule has 1 aliphatic heterocycles. The highest BCUT2D eigenvalue weighted by atomic mass is 19.1. The van der Waals surface area contributed by atoms with Crippen molar-refractivity contribution >= 4 is 11.6 Å². The van der Waals surface area contributed by atoms with Gasteiger partial charge in [0.15, 0.2) is 0 Å². The van der Waals surface area contributed by atoms with Crippen LogP contribution in [-0.4, -0.2) is 44.9 Å². The van der Waals surface area contributed by atoms with Crippen molar-refractivity contribution in [2.75, 3.05) is 37.7 Å². The molecule has 3 rings (SSSR count). The van der Waals surface area contributed by atoms with Gasteiger partial charge < -0.3 is 15.0 Å². The van der Waals surface area contributed by atoms with Gasteiger partial charge in [-0.3, -0.25) is 4.79 Å². The molecule has 1 heterocycles. The number of hydrogen-bond acceptors (Lipinski definition) is 3. The number of nitrogens with one attached hydrogen (secondary N) is 1. The Bertz CT molecular complexity index is 552. The summed E-state index contributed by atoms with van der Waals surface area (Å²) in [6.45, 7) is 5.76. The molecule has 1 amide bonds. The van der Waals surface area contributed by atoms with Crippen LogP contribution in [0.25, 0.3) is 0 Å². The molecule has 23 heavy (non-hydrogen) atoms. The fourth-order valence-electron chi connectivity index (χ4n) is 3.46. The number of benzene rings is 1. The second kappa shape index (κ2) is 6.87. The number of carbonyl (C=O) groups is 1. The van der Waals surface area contributed by atoms with E-state index >= 15 is 0 Å². The first-order chi connectivity index (χ1) is 11.1. The molecule has 2 aliphatic rings. The van der Waals surface area contributed by atoms with Gasteiger partial charge in [0.05, 0.1) is 18.6 Å². The molecule has 0 aromatic heterocycles. The van der Waals surface area contributed by atoms with Gasteiger partial charge in [-0.25, -0.2) is 4.39 Å². The number of alkyl halides is 1. The number of carbonyl (C=O) groups excluding carboxylic acids is 1. The van der Waals surface area contributed by atoms with Crippen LogP contribution in [0.2, 0.25) is 0 Å². The zero-order valence-corrected chi connectivity index (χ0v) is 13.7. The van der Waals surface area contributed by atoms with E-state index in [0.717, 1.165) is 32.7 Å². The molecule has 2 fully saturated rings. The summed E-state index contributed by atoms with van der Waals surface area (Å²) in [6.07, 6.45) is 0.675. The molecule has 1 aromatic rings. The average molecular weight is 320 g/mol. The molecule has 1 aromatic carbocycles. The summed E-state index contributed by atoms with van der Waals surface area (Å²) in [4.78, 5) is 14.5. The van der Waals surface area contributed by atoms with Crippen LogP contribution in [0.5, 0.6) is 0 Å². The number of ether oxygens (including phenoxy) is 1. The first-order valence-electron chi connectivity index (χ1n) is 8.41. The molecule has 4 nitrogen and oxygen atoms in total. The van der Waals surface area contributed by atoms with Crippen LogP contribution in [0.1, 0.15) is 25.3 Å². The lowest BCUT2D eigenvalue weighted by Gasteiger charge is -2.39. The average Bonchev–Trinajstić information content (AvgIpc) is 2.54. The number of amides is 1. The lowest BCUT2D eigenvalue weighted by molar-refractivity contribution is -0.138. The summed E-state index contributed by atoms with van der Waals surface area (Å²) in [6, 6.07) is 8.31. The van der Waals surface area contributed by atoms with Crippen molar-refractivity contribution in [3.63, 3.8) is 0 Å². The minimum atomic E-state index is -0.812. The highest BCUT2D eigenvalue weighted by molar-refractivity contribution is 5.83. The standard InChI is InChI=1S/C18H25FN2O2/c1-18(12-15(19)13-18)17(22)20-7-6-14-4-2-3-5-16(14)21-8-10-23-11-9-21/h2-5,15H,6-13H2,1H3,(H,20,22). The number of rotatable bonds is 5. The predicted octanol–water partition coefficient (Wildman–Crippen LogP) is 2.32. The molecule has 5 heteroatoms. The Hall–Kier alpha value is -1.62. The Morgan fingerprint density at radius 1 is 1.35 bits per heavy atom. The predicted molar refractivity (Wildman–Crippen MR) is 88.4 cm³/mol. The van der Waals surface area contributed by atoms with Gasteiger partial charge >= 0.3 is 0 Å². The van der Waals surface area contributed by atoms with E-state index in [1.165, 1.54) is 11.3 Å². The number of para-hydroxylation sites is 1. The molecule has 126 valence electrons. The summed E-state index contributed by atoms with van der Waals surface area (Å²) in [5.41, 5.74) is 1.95. The van der Waals surface area contributed by atoms with Crippen molar-refractivity contribution in [3.8, 4) is 0 Å². The minimum Gasteiger partial charge on any atom is -0.378 e. The van der Waals surface area contributed by atoms with Crippen LogP contribution >= 0.6 is 0 Å². The highest BCUT2D eigenvalue weighted by Crippen LogP contribution is 2.42. The van der Waals surface area contributed by atoms with Crippen LogP contribution in [0.4, 0.5) is 10.1 Å². The monoisotopic (exact) mass is 320 g/mol. The Labute approximate surface area is 137 Å². The summed E-state index contributed by atoms with van der Waals surface area (Å²) < 4.78 is 18.4. The molecule has 0 spiro atoms. The molecular weight excluding hydrogens is 295 g/mol. The number of morpholine rings is 1. The van der Waals surface area contributed by atoms with E-state index in [2.05, 4.69) is 22.3 Å². The van der Waals surface area contributed by atoms with E-state index in [1.54, 1.807) is 0 Å². The van der Waals surface area contributed by atoms with E-state index in [4.69, 9.17) is 4.74 Å². The van der Waals surface area contributed by atoms with Crippen molar-refractivity contribution in [1.82, 2.24) is 5.32 Å². The molecule has 1 saturated heterocycles. The van der Waals surface area contributed by atoms with Crippen LogP contribution in [0.15, 0.2) is 24.3 Å². The Balaban J connectivity index is 1.55. The minimum absolute atomic E-state index is 0.0183. The molecule has 0 radical (unpaired) electrons. The van der Waals surface area contributed by atoms with Gasteiger partial charge in [-0.2, -0.15) is 0 Å². The van der Waals surface area contributed by atoms with Crippen molar-refractivity contribution in [2.24, 2.45) is 5.41 Å². The lowest BCUT2D eigenvalue weighted by atomic mass is 9.68. The first kappa shape index (κ1) is 16.2. The van der Waals surface area contributed by atoms with Gasteiger partial charge in [0.1, 0.15) is 6.17 Å². The Morgan fingerprint density at radius 3 is 2.74 bits per heavy atom. The number of hydrogen-bond donors (Lipinski definition) is 1. The first-order valence-corrected chi connectivity index (χ1v) is 8.41. The van der Waals surface area contributed by atoms with E-state index in [0.29, 0.717) is 19.4 Å². The molecule has 0 unspecified atom stereocenters. The molecule has 0 atom stereocenters. The van der Waals surface area contributed by atoms with E-state index < -0.39 is 11.6 Å². The second-order valence-corrected chi connectivity index (χ2v) is 6.80. The molecular formula is C18H25FN2O2. The fraction of sp³-hybridized carbons (Fsp3) is 0.611. The summed E-state index contributed by atoms with van der Waals surface area (Å²) in [5, 5.41) is 2.98. The Morgan fingerprint density at radius 2 is 2.04 bits per heavy atom. The Kier molecular flexibility index (Phi) is 4.85. The number of anilines is 1. The van der Waals surface area contributed by atoms with Gasteiger partial charge in [-0.15, -0.1) is 0 Å². The van der Waals surface area contributed by atoms with Crippen LogP contribution in [0.3, 0.4) is 0 Å². The largest absolute Gasteiger partial charge is 0.378 e. The van der Waals surface area contributed by atoms with Gasteiger partial charge in [-0.05, 0) is 30.9 Å². The summed E-state index contributed by atoms with van der Waals surface area (Å²) >= 11 is 0. The zero-order valence-electron chi connectivity index (χ0n) is 13.7. The van der Waals surface area contributed by atoms with E-state index in [-0.39, 0.29) is 5.91 Å². The molecule has 1 aliphatic carbocycles. The maximum absolute atomic E-state index is 13.0. The van der Waals surface area contributed by atoms with Gasteiger partial charge in [0, 0.05) is 25.3 Å². The van der Waals surface area contributed by atoms with Crippen molar-refractivity contribution in [1.29, 1.82) is 0 Å². The van der Waals surface area contributed by atoms with Gasteiger partial charge in [0.25, 0.3) is 0 Å². The molecule has 1 N–H and O–H groups in total. The second-order valence-electron chi connectivity index (χ2n) is 6.80. The third-order valence-electron chi connectivity index (χ3n) is 4.92. The summed E-state index contributed by atoms with van der Waals surface area (Å²) in [7, 11) is 0. The number of halogens is 1. The quantitative estimate of drug-likeness (QED) is 0.905. The third-order valence-corrected chi connectivity index (χ3v) is 4.92. The molecule has 0 bridgehead atoms. The topological polar surface area (TPSA) is 41.6 Å². The van der Waals surface area contributed by atoms with Crippen molar-refractivity contribution in [2.45, 2.75) is 32.4 Å². The highest BCUT2D eigenvalue weighted by Gasteiger charge is 2.46. The van der Waals surface area contributed by atoms with Gasteiger partial charge in [0.2, 0.25) is 5.91 Å². The van der Waals surface area contributed by atoms with E-state index in [1.807, 2.05) is 19.1 Å². The molecule has 1 saturated carbocycles. The zero-order chi connectivity index (χ0) is 16.3. The fourth-order valence-corrected chi connectivity index (χ4v) is 3.46. The van der Waals surface area contributed by atoms with E-state index in [9.17, 15) is 9.18 Å². The van der Waals surface area contributed by atoms with Crippen molar-refractivity contribution < 1.29 is 13.9 Å². The normalized spacial score (nSPS) is 27.4.